The number of benzene rings is 1. The van der Waals surface area contributed by atoms with E-state index in [4.69, 9.17) is 0 Å². The van der Waals surface area contributed by atoms with Crippen molar-refractivity contribution in [2.75, 3.05) is 11.9 Å². The van der Waals surface area contributed by atoms with E-state index in [-0.39, 0.29) is 47.6 Å². The van der Waals surface area contributed by atoms with Crippen molar-refractivity contribution in [3.8, 4) is 0 Å². The van der Waals surface area contributed by atoms with Crippen LogP contribution >= 0.6 is 0 Å². The Morgan fingerprint density at radius 2 is 1.59 bits per heavy atom. The van der Waals surface area contributed by atoms with Crippen molar-refractivity contribution >= 4 is 23.4 Å². The van der Waals surface area contributed by atoms with Gasteiger partial charge in [0.2, 0.25) is 17.7 Å². The number of halogens is 3. The number of hydrogen-bond acceptors (Lipinski definition) is 3. The third-order valence-corrected chi connectivity index (χ3v) is 7.55. The first-order valence-electron chi connectivity index (χ1n) is 11.3. The Bertz CT molecular complexity index is 953. The minimum absolute atomic E-state index is 0.0498. The normalized spacial score (nSPS) is 32.2. The highest BCUT2D eigenvalue weighted by Gasteiger charge is 2.66. The van der Waals surface area contributed by atoms with Gasteiger partial charge in [0.25, 0.3) is 0 Å². The van der Waals surface area contributed by atoms with Gasteiger partial charge in [-0.2, -0.15) is 13.2 Å². The third kappa shape index (κ3) is 3.53. The van der Waals surface area contributed by atoms with Crippen molar-refractivity contribution in [1.82, 2.24) is 4.90 Å². The van der Waals surface area contributed by atoms with E-state index in [1.165, 1.54) is 23.1 Å². The highest BCUT2D eigenvalue weighted by atomic mass is 19.4. The van der Waals surface area contributed by atoms with E-state index >= 15 is 0 Å². The van der Waals surface area contributed by atoms with Crippen LogP contribution in [0.15, 0.2) is 36.4 Å². The van der Waals surface area contributed by atoms with Crippen molar-refractivity contribution in [2.24, 2.45) is 35.5 Å². The molecule has 32 heavy (non-hydrogen) atoms. The molecule has 170 valence electrons. The van der Waals surface area contributed by atoms with E-state index in [1.54, 1.807) is 0 Å². The lowest BCUT2D eigenvalue weighted by Crippen LogP contribution is -2.40. The minimum atomic E-state index is -4.54. The number of nitrogens with one attached hydrogen (secondary N) is 1. The minimum Gasteiger partial charge on any atom is -0.326 e. The van der Waals surface area contributed by atoms with Crippen LogP contribution in [0.1, 0.15) is 37.7 Å². The van der Waals surface area contributed by atoms with Crippen LogP contribution in [0.5, 0.6) is 0 Å². The number of carbonyl (C=O) groups excluding carboxylic acids is 3. The summed E-state index contributed by atoms with van der Waals surface area (Å²) in [6.07, 6.45) is 2.62. The molecule has 1 aliphatic heterocycles. The Kier molecular flexibility index (Phi) is 5.13. The van der Waals surface area contributed by atoms with Gasteiger partial charge in [-0.3, -0.25) is 19.3 Å². The van der Waals surface area contributed by atoms with E-state index in [2.05, 4.69) is 17.5 Å². The molecule has 0 aromatic heterocycles. The fourth-order valence-electron chi connectivity index (χ4n) is 6.02. The largest absolute Gasteiger partial charge is 0.418 e. The average molecular weight is 446 g/mol. The molecule has 3 amide bonds. The van der Waals surface area contributed by atoms with Gasteiger partial charge in [-0.25, -0.2) is 0 Å². The molecule has 4 aliphatic carbocycles. The quantitative estimate of drug-likeness (QED) is 0.387. The van der Waals surface area contributed by atoms with Crippen LogP contribution in [-0.2, 0) is 20.6 Å². The predicted octanol–water partition coefficient (Wildman–Crippen LogP) is 4.26. The molecule has 1 N–H and O–H groups in total. The number of unbranched alkanes of at least 4 members (excludes halogenated alkanes) is 2. The predicted molar refractivity (Wildman–Crippen MR) is 110 cm³/mol. The molecule has 1 aromatic rings. The Balaban J connectivity index is 1.08. The van der Waals surface area contributed by atoms with Gasteiger partial charge in [0.15, 0.2) is 0 Å². The Morgan fingerprint density at radius 3 is 2.22 bits per heavy atom. The number of rotatable bonds is 7. The maximum absolute atomic E-state index is 13.0. The second-order valence-corrected chi connectivity index (χ2v) is 9.38. The van der Waals surface area contributed by atoms with Crippen LogP contribution in [0.3, 0.4) is 0 Å². The van der Waals surface area contributed by atoms with Gasteiger partial charge in [-0.1, -0.05) is 30.7 Å². The second-order valence-electron chi connectivity index (χ2n) is 9.38. The molecule has 1 saturated heterocycles. The number of likely N-dealkylation sites (tertiary alicyclic amines) is 1. The molecule has 6 unspecified atom stereocenters. The molecule has 6 rings (SSSR count). The molecule has 2 saturated carbocycles. The molecule has 0 spiro atoms. The lowest BCUT2D eigenvalue weighted by atomic mass is 9.63. The van der Waals surface area contributed by atoms with Crippen molar-refractivity contribution in [1.29, 1.82) is 0 Å². The zero-order valence-corrected chi connectivity index (χ0v) is 17.5. The molecule has 3 fully saturated rings. The summed E-state index contributed by atoms with van der Waals surface area (Å²) in [5, 5.41) is 2.34. The van der Waals surface area contributed by atoms with E-state index < -0.39 is 17.6 Å². The van der Waals surface area contributed by atoms with Gasteiger partial charge in [0.05, 0.1) is 23.1 Å². The van der Waals surface area contributed by atoms with Crippen LogP contribution in [0.4, 0.5) is 18.9 Å². The summed E-state index contributed by atoms with van der Waals surface area (Å²) < 4.78 is 39.1. The topological polar surface area (TPSA) is 66.5 Å². The molecule has 0 radical (unpaired) electrons. The standard InChI is InChI=1S/C24H25F3N2O3/c25-24(26,27)17-6-3-4-7-18(17)28-19(30)8-2-1-5-11-29-22(31)20-13-9-10-14(16-12-15(13)16)21(20)23(29)32/h3-4,6-7,9-10,13-16,20-21H,1-2,5,8,11-12H2,(H,28,30). The number of carbonyl (C=O) groups is 3. The summed E-state index contributed by atoms with van der Waals surface area (Å²) >= 11 is 0. The first-order valence-corrected chi connectivity index (χ1v) is 11.3. The van der Waals surface area contributed by atoms with Crippen LogP contribution in [0.25, 0.3) is 0 Å². The van der Waals surface area contributed by atoms with Crippen molar-refractivity contribution in [3.63, 3.8) is 0 Å². The van der Waals surface area contributed by atoms with E-state index in [9.17, 15) is 27.6 Å². The van der Waals surface area contributed by atoms with Gasteiger partial charge in [0, 0.05) is 13.0 Å². The fourth-order valence-corrected chi connectivity index (χ4v) is 6.02. The van der Waals surface area contributed by atoms with Gasteiger partial charge >= 0.3 is 6.18 Å². The zero-order chi connectivity index (χ0) is 22.6. The number of nitrogens with zero attached hydrogens (tertiary/aromatic N) is 1. The van der Waals surface area contributed by atoms with Crippen molar-refractivity contribution < 1.29 is 27.6 Å². The van der Waals surface area contributed by atoms with E-state index in [0.717, 1.165) is 12.5 Å². The molecule has 8 heteroatoms. The monoisotopic (exact) mass is 446 g/mol. The highest BCUT2D eigenvalue weighted by Crippen LogP contribution is 2.65. The molecule has 5 aliphatic rings. The second kappa shape index (κ2) is 7.74. The molecular formula is C24H25F3N2O3. The van der Waals surface area contributed by atoms with Crippen LogP contribution in [0, 0.1) is 35.5 Å². The van der Waals surface area contributed by atoms with Gasteiger partial charge in [-0.15, -0.1) is 0 Å². The summed E-state index contributed by atoms with van der Waals surface area (Å²) in [6.45, 7) is 0.345. The van der Waals surface area contributed by atoms with Crippen molar-refractivity contribution in [3.05, 3.63) is 42.0 Å². The maximum atomic E-state index is 13.0. The lowest BCUT2D eigenvalue weighted by Gasteiger charge is -2.37. The van der Waals surface area contributed by atoms with Crippen LogP contribution in [0.2, 0.25) is 0 Å². The SMILES string of the molecule is O=C(CCCCCN1C(=O)C2C3C=CC(C4CC34)C2C1=O)Nc1ccccc1C(F)(F)F. The third-order valence-electron chi connectivity index (χ3n) is 7.55. The molecule has 1 heterocycles. The number of alkyl halides is 3. The molecule has 6 atom stereocenters. The Hall–Kier alpha value is -2.64. The number of hydrogen-bond donors (Lipinski definition) is 1. The lowest BCUT2D eigenvalue weighted by molar-refractivity contribution is -0.140. The smallest absolute Gasteiger partial charge is 0.326 e. The van der Waals surface area contributed by atoms with E-state index in [0.29, 0.717) is 37.6 Å². The van der Waals surface area contributed by atoms with Crippen molar-refractivity contribution in [2.45, 2.75) is 38.3 Å². The Labute approximate surface area is 184 Å². The molecule has 1 aromatic carbocycles. The van der Waals surface area contributed by atoms with Gasteiger partial charge in [0.1, 0.15) is 0 Å². The summed E-state index contributed by atoms with van der Waals surface area (Å²) in [7, 11) is 0. The first kappa shape index (κ1) is 21.2. The summed E-state index contributed by atoms with van der Waals surface area (Å²) in [4.78, 5) is 39.3. The molecule has 5 nitrogen and oxygen atoms in total. The molecule has 2 bridgehead atoms. The number of imide groups is 1. The fraction of sp³-hybridized carbons (Fsp3) is 0.542. The number of para-hydroxylation sites is 1. The zero-order valence-electron chi connectivity index (χ0n) is 17.5. The van der Waals surface area contributed by atoms with Gasteiger partial charge < -0.3 is 5.32 Å². The average Bonchev–Trinajstić information content (AvgIpc) is 3.53. The highest BCUT2D eigenvalue weighted by molar-refractivity contribution is 6.06. The Morgan fingerprint density at radius 1 is 0.969 bits per heavy atom. The summed E-state index contributed by atoms with van der Waals surface area (Å²) in [5.41, 5.74) is -1.12. The van der Waals surface area contributed by atoms with Crippen LogP contribution < -0.4 is 5.32 Å². The number of allylic oxidation sites excluding steroid dienone is 2. The van der Waals surface area contributed by atoms with Crippen LogP contribution in [-0.4, -0.2) is 29.2 Å². The molecular weight excluding hydrogens is 421 g/mol. The van der Waals surface area contributed by atoms with E-state index in [1.807, 2.05) is 0 Å². The first-order chi connectivity index (χ1) is 15.3. The maximum Gasteiger partial charge on any atom is 0.418 e. The number of amides is 3. The summed E-state index contributed by atoms with van der Waals surface area (Å²) in [6, 6.07) is 4.89. The van der Waals surface area contributed by atoms with Gasteiger partial charge in [-0.05, 0) is 55.1 Å². The summed E-state index contributed by atoms with van der Waals surface area (Å²) in [5.74, 6) is 0.592. The number of anilines is 1.